The first-order chi connectivity index (χ1) is 8.25. The molecule has 1 aliphatic rings. The molecule has 2 rings (SSSR count). The van der Waals surface area contributed by atoms with Crippen LogP contribution in [0.4, 0.5) is 5.69 Å². The first-order valence-corrected chi connectivity index (χ1v) is 5.83. The van der Waals surface area contributed by atoms with Crippen molar-refractivity contribution in [1.82, 2.24) is 0 Å². The Labute approximate surface area is 101 Å². The van der Waals surface area contributed by atoms with E-state index >= 15 is 0 Å². The van der Waals surface area contributed by atoms with Crippen LogP contribution < -0.4 is 4.90 Å². The molecule has 0 amide bonds. The minimum absolute atomic E-state index is 0.237. The predicted molar refractivity (Wildman–Crippen MR) is 67.7 cm³/mol. The summed E-state index contributed by atoms with van der Waals surface area (Å²) in [4.78, 5) is 16.7. The average Bonchev–Trinajstić information content (AvgIpc) is 2.83. The first kappa shape index (κ1) is 11.6. The molecule has 0 aliphatic carbocycles. The van der Waals surface area contributed by atoms with Gasteiger partial charge in [0.05, 0.1) is 12.9 Å². The molecule has 0 saturated carbocycles. The number of hydrogen-bond donors (Lipinski definition) is 1. The highest BCUT2D eigenvalue weighted by Crippen LogP contribution is 2.16. The molecule has 0 spiro atoms. The Kier molecular flexibility index (Phi) is 3.75. The molecule has 0 atom stereocenters. The molecule has 1 N–H and O–H groups in total. The highest BCUT2D eigenvalue weighted by atomic mass is 16.4. The molecule has 17 heavy (non-hydrogen) atoms. The van der Waals surface area contributed by atoms with Gasteiger partial charge >= 0.3 is 5.97 Å². The fraction of sp³-hybridized carbons (Fsp3) is 0.385. The van der Waals surface area contributed by atoms with E-state index in [1.54, 1.807) is 0 Å². The first-order valence-electron chi connectivity index (χ1n) is 5.83. The Hall–Kier alpha value is -1.84. The molecule has 4 nitrogen and oxygen atoms in total. The van der Waals surface area contributed by atoms with Gasteiger partial charge in [-0.2, -0.15) is 0 Å². The maximum Gasteiger partial charge on any atom is 0.303 e. The van der Waals surface area contributed by atoms with Gasteiger partial charge in [0.2, 0.25) is 0 Å². The number of rotatable bonds is 5. The lowest BCUT2D eigenvalue weighted by atomic mass is 10.1. The molecule has 1 heterocycles. The number of nitrogens with zero attached hydrogens (tertiary/aromatic N) is 2. The number of carboxylic acids is 1. The van der Waals surface area contributed by atoms with Crippen molar-refractivity contribution < 1.29 is 9.90 Å². The number of benzene rings is 1. The summed E-state index contributed by atoms with van der Waals surface area (Å²) in [6, 6.07) is 8.24. The van der Waals surface area contributed by atoms with E-state index in [1.807, 2.05) is 6.34 Å². The maximum atomic E-state index is 10.4. The van der Waals surface area contributed by atoms with Gasteiger partial charge in [-0.3, -0.25) is 9.79 Å². The van der Waals surface area contributed by atoms with Gasteiger partial charge in [0.1, 0.15) is 0 Å². The third-order valence-corrected chi connectivity index (χ3v) is 2.82. The average molecular weight is 232 g/mol. The molecule has 0 fully saturated rings. The van der Waals surface area contributed by atoms with Crippen molar-refractivity contribution in [3.05, 3.63) is 29.8 Å². The van der Waals surface area contributed by atoms with E-state index in [2.05, 4.69) is 34.2 Å². The molecule has 0 aromatic heterocycles. The number of aliphatic carboxylic acids is 1. The summed E-state index contributed by atoms with van der Waals surface area (Å²) < 4.78 is 0. The van der Waals surface area contributed by atoms with Gasteiger partial charge in [-0.1, -0.05) is 12.1 Å². The number of carboxylic acid groups (broad SMARTS) is 1. The lowest BCUT2D eigenvalue weighted by Gasteiger charge is -2.14. The Bertz CT molecular complexity index is 412. The second-order valence-corrected chi connectivity index (χ2v) is 4.13. The van der Waals surface area contributed by atoms with Gasteiger partial charge in [0, 0.05) is 18.7 Å². The monoisotopic (exact) mass is 232 g/mol. The lowest BCUT2D eigenvalue weighted by molar-refractivity contribution is -0.137. The van der Waals surface area contributed by atoms with Gasteiger partial charge in [-0.05, 0) is 30.5 Å². The Morgan fingerprint density at radius 3 is 2.71 bits per heavy atom. The molecule has 0 saturated heterocycles. The largest absolute Gasteiger partial charge is 0.481 e. The molecular weight excluding hydrogens is 216 g/mol. The minimum atomic E-state index is -0.727. The maximum absolute atomic E-state index is 10.4. The molecule has 0 bridgehead atoms. The summed E-state index contributed by atoms with van der Waals surface area (Å²) in [6.07, 6.45) is 3.61. The highest BCUT2D eigenvalue weighted by Gasteiger charge is 2.07. The van der Waals surface area contributed by atoms with Gasteiger partial charge in [0.15, 0.2) is 0 Å². The summed E-state index contributed by atoms with van der Waals surface area (Å²) in [6.45, 7) is 1.80. The Balaban J connectivity index is 1.89. The zero-order valence-electron chi connectivity index (χ0n) is 9.67. The van der Waals surface area contributed by atoms with E-state index in [9.17, 15) is 4.79 Å². The zero-order chi connectivity index (χ0) is 12.1. The van der Waals surface area contributed by atoms with Crippen LogP contribution >= 0.6 is 0 Å². The van der Waals surface area contributed by atoms with Crippen LogP contribution in [0.5, 0.6) is 0 Å². The van der Waals surface area contributed by atoms with Crippen LogP contribution in [0.2, 0.25) is 0 Å². The number of carbonyl (C=O) groups is 1. The second kappa shape index (κ2) is 5.48. The van der Waals surface area contributed by atoms with Crippen LogP contribution in [0.1, 0.15) is 18.4 Å². The summed E-state index contributed by atoms with van der Waals surface area (Å²) in [5.74, 6) is -0.727. The predicted octanol–water partition coefficient (Wildman–Crippen LogP) is 1.94. The molecule has 4 heteroatoms. The van der Waals surface area contributed by atoms with Crippen LogP contribution in [0, 0.1) is 0 Å². The van der Waals surface area contributed by atoms with E-state index in [0.29, 0.717) is 6.42 Å². The quantitative estimate of drug-likeness (QED) is 0.844. The third kappa shape index (κ3) is 3.31. The van der Waals surface area contributed by atoms with Crippen molar-refractivity contribution in [3.8, 4) is 0 Å². The van der Waals surface area contributed by atoms with Gasteiger partial charge in [-0.15, -0.1) is 0 Å². The zero-order valence-corrected chi connectivity index (χ0v) is 9.67. The summed E-state index contributed by atoms with van der Waals surface area (Å²) >= 11 is 0. The number of aliphatic imine (C=N–C) groups is 1. The lowest BCUT2D eigenvalue weighted by Crippen LogP contribution is -2.17. The molecule has 90 valence electrons. The minimum Gasteiger partial charge on any atom is -0.481 e. The van der Waals surface area contributed by atoms with Crippen molar-refractivity contribution >= 4 is 18.0 Å². The standard InChI is InChI=1S/C13H16N2O2/c16-13(17)3-1-2-11-4-6-12(7-5-11)15-9-8-14-10-15/h4-7,10H,1-3,8-9H2,(H,16,17). The van der Waals surface area contributed by atoms with E-state index in [4.69, 9.17) is 5.11 Å². The van der Waals surface area contributed by atoms with Crippen LogP contribution in [-0.2, 0) is 11.2 Å². The van der Waals surface area contributed by atoms with Crippen molar-refractivity contribution in [2.75, 3.05) is 18.0 Å². The molecule has 1 aromatic rings. The smallest absolute Gasteiger partial charge is 0.303 e. The highest BCUT2D eigenvalue weighted by molar-refractivity contribution is 5.80. The van der Waals surface area contributed by atoms with Crippen molar-refractivity contribution in [2.24, 2.45) is 4.99 Å². The SMILES string of the molecule is O=C(O)CCCc1ccc(N2C=NCC2)cc1. The number of anilines is 1. The Morgan fingerprint density at radius 1 is 1.35 bits per heavy atom. The molecule has 0 unspecified atom stereocenters. The molecular formula is C13H16N2O2. The van der Waals surface area contributed by atoms with E-state index in [-0.39, 0.29) is 6.42 Å². The van der Waals surface area contributed by atoms with Gasteiger partial charge in [-0.25, -0.2) is 0 Å². The van der Waals surface area contributed by atoms with Gasteiger partial charge < -0.3 is 10.0 Å². The number of aryl methyl sites for hydroxylation is 1. The van der Waals surface area contributed by atoms with E-state index in [0.717, 1.165) is 25.2 Å². The van der Waals surface area contributed by atoms with E-state index < -0.39 is 5.97 Å². The topological polar surface area (TPSA) is 52.9 Å². The summed E-state index contributed by atoms with van der Waals surface area (Å²) in [5, 5.41) is 8.56. The van der Waals surface area contributed by atoms with Crippen molar-refractivity contribution in [1.29, 1.82) is 0 Å². The normalized spacial score (nSPS) is 14.2. The second-order valence-electron chi connectivity index (χ2n) is 4.13. The van der Waals surface area contributed by atoms with Gasteiger partial charge in [0.25, 0.3) is 0 Å². The van der Waals surface area contributed by atoms with Crippen molar-refractivity contribution in [2.45, 2.75) is 19.3 Å². The van der Waals surface area contributed by atoms with Crippen molar-refractivity contribution in [3.63, 3.8) is 0 Å². The Morgan fingerprint density at radius 2 is 2.12 bits per heavy atom. The molecule has 1 aliphatic heterocycles. The molecule has 1 aromatic carbocycles. The molecule has 0 radical (unpaired) electrons. The van der Waals surface area contributed by atoms with Crippen LogP contribution in [0.25, 0.3) is 0 Å². The third-order valence-electron chi connectivity index (χ3n) is 2.82. The van der Waals surface area contributed by atoms with Crippen LogP contribution in [-0.4, -0.2) is 30.5 Å². The summed E-state index contributed by atoms with van der Waals surface area (Å²) in [7, 11) is 0. The van der Waals surface area contributed by atoms with E-state index in [1.165, 1.54) is 5.56 Å². The van der Waals surface area contributed by atoms with Crippen LogP contribution in [0.15, 0.2) is 29.3 Å². The summed E-state index contributed by atoms with van der Waals surface area (Å²) in [5.41, 5.74) is 2.33. The fourth-order valence-electron chi connectivity index (χ4n) is 1.87. The number of hydrogen-bond acceptors (Lipinski definition) is 3. The fourth-order valence-corrected chi connectivity index (χ4v) is 1.87. The van der Waals surface area contributed by atoms with Crippen LogP contribution in [0.3, 0.4) is 0 Å².